The zero-order chi connectivity index (χ0) is 22.9. The largest absolute Gasteiger partial charge is 0.497 e. The van der Waals surface area contributed by atoms with Gasteiger partial charge in [0.1, 0.15) is 5.75 Å². The summed E-state index contributed by atoms with van der Waals surface area (Å²) >= 11 is 0. The minimum absolute atomic E-state index is 0.0447. The summed E-state index contributed by atoms with van der Waals surface area (Å²) in [6.07, 6.45) is 1.93. The molecule has 0 spiro atoms. The molecular formula is C26H36N2O4. The second-order valence-corrected chi connectivity index (χ2v) is 8.67. The molecule has 0 bridgehead atoms. The fourth-order valence-electron chi connectivity index (χ4n) is 3.83. The van der Waals surface area contributed by atoms with Crippen molar-refractivity contribution < 1.29 is 19.0 Å². The first-order valence-corrected chi connectivity index (χ1v) is 11.5. The monoisotopic (exact) mass is 440 g/mol. The fourth-order valence-corrected chi connectivity index (χ4v) is 3.83. The minimum Gasteiger partial charge on any atom is -0.497 e. The Morgan fingerprint density at radius 1 is 0.938 bits per heavy atom. The summed E-state index contributed by atoms with van der Waals surface area (Å²) in [5.74, 6) is 2.78. The average Bonchev–Trinajstić information content (AvgIpc) is 3.04. The number of amides is 1. The minimum atomic E-state index is 0.0447. The quantitative estimate of drug-likeness (QED) is 0.576. The highest BCUT2D eigenvalue weighted by Crippen LogP contribution is 2.29. The van der Waals surface area contributed by atoms with Gasteiger partial charge in [-0.25, -0.2) is 0 Å². The van der Waals surface area contributed by atoms with Crippen LogP contribution in [0.3, 0.4) is 0 Å². The summed E-state index contributed by atoms with van der Waals surface area (Å²) in [6.45, 7) is 9.15. The van der Waals surface area contributed by atoms with Gasteiger partial charge in [-0.15, -0.1) is 0 Å². The van der Waals surface area contributed by atoms with E-state index in [2.05, 4.69) is 30.9 Å². The van der Waals surface area contributed by atoms with Gasteiger partial charge in [0, 0.05) is 38.3 Å². The van der Waals surface area contributed by atoms with Gasteiger partial charge < -0.3 is 19.1 Å². The summed E-state index contributed by atoms with van der Waals surface area (Å²) in [5, 5.41) is 0. The molecule has 1 aliphatic heterocycles. The molecule has 1 fully saturated rings. The molecule has 0 aromatic heterocycles. The molecule has 32 heavy (non-hydrogen) atoms. The molecule has 1 saturated heterocycles. The molecule has 1 amide bonds. The van der Waals surface area contributed by atoms with Crippen LogP contribution in [0.15, 0.2) is 42.5 Å². The molecule has 0 saturated carbocycles. The van der Waals surface area contributed by atoms with Gasteiger partial charge in [0.2, 0.25) is 0 Å². The highest BCUT2D eigenvalue weighted by molar-refractivity contribution is 5.95. The lowest BCUT2D eigenvalue weighted by molar-refractivity contribution is 0.0760. The van der Waals surface area contributed by atoms with Crippen molar-refractivity contribution in [3.63, 3.8) is 0 Å². The zero-order valence-corrected chi connectivity index (χ0v) is 19.8. The Hall–Kier alpha value is -2.73. The van der Waals surface area contributed by atoms with Crippen LogP contribution in [0.2, 0.25) is 0 Å². The van der Waals surface area contributed by atoms with Crippen molar-refractivity contribution in [1.82, 2.24) is 9.80 Å². The molecule has 6 nitrogen and oxygen atoms in total. The lowest BCUT2D eigenvalue weighted by Gasteiger charge is -2.22. The maximum absolute atomic E-state index is 13.2. The van der Waals surface area contributed by atoms with Gasteiger partial charge in [0.05, 0.1) is 20.8 Å². The number of carbonyl (C=O) groups excluding carboxylic acids is 1. The Balaban J connectivity index is 1.58. The maximum atomic E-state index is 13.2. The van der Waals surface area contributed by atoms with E-state index in [1.54, 1.807) is 20.3 Å². The highest BCUT2D eigenvalue weighted by Gasteiger charge is 2.21. The van der Waals surface area contributed by atoms with E-state index < -0.39 is 0 Å². The van der Waals surface area contributed by atoms with Crippen molar-refractivity contribution >= 4 is 5.91 Å². The third-order valence-corrected chi connectivity index (χ3v) is 5.80. The predicted octanol–water partition coefficient (Wildman–Crippen LogP) is 4.48. The van der Waals surface area contributed by atoms with E-state index in [0.29, 0.717) is 36.1 Å². The van der Waals surface area contributed by atoms with E-state index in [-0.39, 0.29) is 5.91 Å². The molecule has 1 heterocycles. The van der Waals surface area contributed by atoms with Crippen LogP contribution >= 0.6 is 0 Å². The molecule has 6 heteroatoms. The molecule has 174 valence electrons. The van der Waals surface area contributed by atoms with Gasteiger partial charge in [-0.1, -0.05) is 26.0 Å². The van der Waals surface area contributed by atoms with Crippen LogP contribution in [0.25, 0.3) is 0 Å². The number of hydrogen-bond donors (Lipinski definition) is 0. The van der Waals surface area contributed by atoms with Gasteiger partial charge in [-0.3, -0.25) is 9.69 Å². The summed E-state index contributed by atoms with van der Waals surface area (Å²) in [6, 6.07) is 13.7. The Morgan fingerprint density at radius 3 is 2.41 bits per heavy atom. The fraction of sp³-hybridized carbons (Fsp3) is 0.500. The van der Waals surface area contributed by atoms with Gasteiger partial charge in [-0.2, -0.15) is 0 Å². The third kappa shape index (κ3) is 6.63. The van der Waals surface area contributed by atoms with E-state index in [4.69, 9.17) is 14.2 Å². The van der Waals surface area contributed by atoms with E-state index in [1.807, 2.05) is 29.2 Å². The van der Waals surface area contributed by atoms with Crippen molar-refractivity contribution in [2.24, 2.45) is 5.92 Å². The smallest absolute Gasteiger partial charge is 0.254 e. The Morgan fingerprint density at radius 2 is 1.72 bits per heavy atom. The predicted molar refractivity (Wildman–Crippen MR) is 127 cm³/mol. The number of methoxy groups -OCH3 is 2. The Bertz CT molecular complexity index is 867. The summed E-state index contributed by atoms with van der Waals surface area (Å²) < 4.78 is 16.6. The topological polar surface area (TPSA) is 51.2 Å². The van der Waals surface area contributed by atoms with Crippen LogP contribution in [-0.4, -0.2) is 62.7 Å². The van der Waals surface area contributed by atoms with E-state index in [9.17, 15) is 4.79 Å². The summed E-state index contributed by atoms with van der Waals surface area (Å²) in [7, 11) is 3.29. The number of ether oxygens (including phenoxy) is 3. The second kappa shape index (κ2) is 11.8. The van der Waals surface area contributed by atoms with Crippen LogP contribution in [0.5, 0.6) is 17.2 Å². The lowest BCUT2D eigenvalue weighted by Crippen LogP contribution is -2.35. The molecule has 3 rings (SSSR count). The number of rotatable bonds is 9. The van der Waals surface area contributed by atoms with Crippen LogP contribution in [0, 0.1) is 5.92 Å². The van der Waals surface area contributed by atoms with Crippen molar-refractivity contribution in [3.8, 4) is 17.2 Å². The molecule has 0 N–H and O–H groups in total. The number of benzene rings is 2. The average molecular weight is 441 g/mol. The molecular weight excluding hydrogens is 404 g/mol. The van der Waals surface area contributed by atoms with Gasteiger partial charge in [0.15, 0.2) is 11.5 Å². The summed E-state index contributed by atoms with van der Waals surface area (Å²) in [4.78, 5) is 17.5. The highest BCUT2D eigenvalue weighted by atomic mass is 16.5. The van der Waals surface area contributed by atoms with Crippen LogP contribution in [0.1, 0.15) is 42.6 Å². The molecule has 0 unspecified atom stereocenters. The molecule has 1 aliphatic rings. The first kappa shape index (κ1) is 23.9. The van der Waals surface area contributed by atoms with Crippen molar-refractivity contribution in [2.45, 2.75) is 33.2 Å². The standard InChI is InChI=1S/C26H36N2O4/c1-20(2)12-17-32-24-11-8-22(18-25(24)31-4)26(29)28-14-5-13-27(15-16-28)19-21-6-9-23(30-3)10-7-21/h6-11,18,20H,5,12-17,19H2,1-4H3. The second-order valence-electron chi connectivity index (χ2n) is 8.67. The SMILES string of the molecule is COc1ccc(CN2CCCN(C(=O)c3ccc(OCCC(C)C)c(OC)c3)CC2)cc1. The normalized spacial score (nSPS) is 14.8. The molecule has 2 aromatic rings. The van der Waals surface area contributed by atoms with Crippen molar-refractivity contribution in [1.29, 1.82) is 0 Å². The van der Waals surface area contributed by atoms with Crippen LogP contribution in [-0.2, 0) is 6.54 Å². The number of hydrogen-bond acceptors (Lipinski definition) is 5. The van der Waals surface area contributed by atoms with E-state index >= 15 is 0 Å². The van der Waals surface area contributed by atoms with E-state index in [1.165, 1.54) is 5.56 Å². The van der Waals surface area contributed by atoms with Crippen LogP contribution < -0.4 is 14.2 Å². The van der Waals surface area contributed by atoms with Crippen molar-refractivity contribution in [3.05, 3.63) is 53.6 Å². The van der Waals surface area contributed by atoms with E-state index in [0.717, 1.165) is 44.8 Å². The first-order valence-electron chi connectivity index (χ1n) is 11.5. The molecule has 2 aromatic carbocycles. The lowest BCUT2D eigenvalue weighted by atomic mass is 10.1. The Kier molecular flexibility index (Phi) is 8.80. The molecule has 0 radical (unpaired) electrons. The Labute approximate surface area is 192 Å². The number of carbonyl (C=O) groups is 1. The van der Waals surface area contributed by atoms with Crippen molar-refractivity contribution in [2.75, 3.05) is 47.0 Å². The van der Waals surface area contributed by atoms with Gasteiger partial charge in [0.25, 0.3) is 5.91 Å². The number of nitrogens with zero attached hydrogens (tertiary/aromatic N) is 2. The summed E-state index contributed by atoms with van der Waals surface area (Å²) in [5.41, 5.74) is 1.89. The van der Waals surface area contributed by atoms with Gasteiger partial charge in [-0.05, 0) is 54.7 Å². The first-order chi connectivity index (χ1) is 15.5. The molecule has 0 atom stereocenters. The zero-order valence-electron chi connectivity index (χ0n) is 19.8. The maximum Gasteiger partial charge on any atom is 0.254 e. The van der Waals surface area contributed by atoms with Crippen LogP contribution in [0.4, 0.5) is 0 Å². The molecule has 0 aliphatic carbocycles. The van der Waals surface area contributed by atoms with Gasteiger partial charge >= 0.3 is 0 Å². The third-order valence-electron chi connectivity index (χ3n) is 5.80.